The molecule has 0 saturated carbocycles. The van der Waals surface area contributed by atoms with Gasteiger partial charge in [0.1, 0.15) is 6.04 Å². The van der Waals surface area contributed by atoms with Gasteiger partial charge in [0.25, 0.3) is 5.56 Å². The summed E-state index contributed by atoms with van der Waals surface area (Å²) in [5.74, 6) is -0.821. The van der Waals surface area contributed by atoms with E-state index in [-0.39, 0.29) is 18.5 Å². The molecule has 8 heteroatoms. The molecule has 116 valence electrons. The highest BCUT2D eigenvalue weighted by Crippen LogP contribution is 2.04. The Bertz CT molecular complexity index is 561. The minimum absolute atomic E-state index is 0.0172. The Morgan fingerprint density at radius 3 is 2.81 bits per heavy atom. The summed E-state index contributed by atoms with van der Waals surface area (Å²) in [5.41, 5.74) is -0.260. The number of aromatic nitrogens is 1. The molecule has 0 saturated heterocycles. The van der Waals surface area contributed by atoms with E-state index in [9.17, 15) is 14.4 Å². The zero-order valence-corrected chi connectivity index (χ0v) is 13.1. The molecule has 0 spiro atoms. The molecule has 1 atom stereocenters. The predicted octanol–water partition coefficient (Wildman–Crippen LogP) is 1.21. The number of hydrogen-bond acceptors (Lipinski definition) is 4. The Morgan fingerprint density at radius 1 is 1.48 bits per heavy atom. The molecule has 0 fully saturated rings. The highest BCUT2D eigenvalue weighted by atomic mass is 35.5. The third-order valence-electron chi connectivity index (χ3n) is 2.77. The van der Waals surface area contributed by atoms with Crippen LogP contribution in [0.15, 0.2) is 23.1 Å². The first kappa shape index (κ1) is 17.6. The number of amides is 1. The largest absolute Gasteiger partial charge is 0.480 e. The lowest BCUT2D eigenvalue weighted by Gasteiger charge is -2.14. The van der Waals surface area contributed by atoms with E-state index < -0.39 is 17.9 Å². The van der Waals surface area contributed by atoms with Crippen LogP contribution in [0.25, 0.3) is 0 Å². The molecule has 0 aliphatic heterocycles. The molecule has 1 heterocycles. The lowest BCUT2D eigenvalue weighted by molar-refractivity contribution is -0.141. The molecule has 1 rings (SSSR count). The van der Waals surface area contributed by atoms with Crippen molar-refractivity contribution in [2.45, 2.75) is 25.4 Å². The quantitative estimate of drug-likeness (QED) is 0.747. The van der Waals surface area contributed by atoms with Crippen LogP contribution in [0.2, 0.25) is 5.02 Å². The molecular weight excluding hydrogens is 316 g/mol. The summed E-state index contributed by atoms with van der Waals surface area (Å²) in [7, 11) is 0. The van der Waals surface area contributed by atoms with E-state index in [0.29, 0.717) is 17.2 Å². The minimum atomic E-state index is -1.06. The number of halogens is 1. The number of aliphatic carboxylic acids is 1. The van der Waals surface area contributed by atoms with Crippen LogP contribution in [0.4, 0.5) is 0 Å². The lowest BCUT2D eigenvalue weighted by Crippen LogP contribution is -2.41. The normalized spacial score (nSPS) is 11.9. The van der Waals surface area contributed by atoms with Crippen LogP contribution in [0, 0.1) is 0 Å². The number of carboxylic acids is 1. The number of nitrogens with one attached hydrogen (secondary N) is 1. The first-order valence-electron chi connectivity index (χ1n) is 6.31. The SMILES string of the molecule is CSCCC(NC(=O)CCn1cc(Cl)ccc1=O)C(=O)O. The fourth-order valence-electron chi connectivity index (χ4n) is 1.66. The van der Waals surface area contributed by atoms with Crippen molar-refractivity contribution in [2.24, 2.45) is 0 Å². The Hall–Kier alpha value is -1.47. The lowest BCUT2D eigenvalue weighted by atomic mass is 10.2. The topological polar surface area (TPSA) is 88.4 Å². The molecule has 2 N–H and O–H groups in total. The van der Waals surface area contributed by atoms with E-state index >= 15 is 0 Å². The second-order valence-electron chi connectivity index (χ2n) is 4.37. The van der Waals surface area contributed by atoms with Crippen LogP contribution in [-0.4, -0.2) is 39.6 Å². The Labute approximate surface area is 131 Å². The molecule has 1 aromatic heterocycles. The summed E-state index contributed by atoms with van der Waals surface area (Å²) in [6.45, 7) is 0.153. The van der Waals surface area contributed by atoms with E-state index in [4.69, 9.17) is 16.7 Å². The third-order valence-corrected chi connectivity index (χ3v) is 3.64. The van der Waals surface area contributed by atoms with Gasteiger partial charge in [-0.1, -0.05) is 11.6 Å². The average molecular weight is 333 g/mol. The molecule has 21 heavy (non-hydrogen) atoms. The number of thioether (sulfide) groups is 1. The number of carbonyl (C=O) groups is 2. The average Bonchev–Trinajstić information content (AvgIpc) is 2.44. The van der Waals surface area contributed by atoms with E-state index in [1.807, 2.05) is 6.26 Å². The summed E-state index contributed by atoms with van der Waals surface area (Å²) >= 11 is 7.29. The van der Waals surface area contributed by atoms with Gasteiger partial charge in [-0.05, 0) is 24.5 Å². The van der Waals surface area contributed by atoms with Crippen molar-refractivity contribution < 1.29 is 14.7 Å². The van der Waals surface area contributed by atoms with Gasteiger partial charge >= 0.3 is 5.97 Å². The van der Waals surface area contributed by atoms with Gasteiger partial charge in [0, 0.05) is 25.2 Å². The van der Waals surface area contributed by atoms with Crippen molar-refractivity contribution in [3.63, 3.8) is 0 Å². The maximum Gasteiger partial charge on any atom is 0.326 e. The van der Waals surface area contributed by atoms with E-state index in [2.05, 4.69) is 5.32 Å². The summed E-state index contributed by atoms with van der Waals surface area (Å²) in [6, 6.07) is 1.89. The summed E-state index contributed by atoms with van der Waals surface area (Å²) in [5, 5.41) is 11.9. The van der Waals surface area contributed by atoms with E-state index in [1.54, 1.807) is 0 Å². The fraction of sp³-hybridized carbons (Fsp3) is 0.462. The minimum Gasteiger partial charge on any atom is -0.480 e. The molecule has 0 radical (unpaired) electrons. The number of carboxylic acid groups (broad SMARTS) is 1. The van der Waals surface area contributed by atoms with Gasteiger partial charge in [-0.25, -0.2) is 4.79 Å². The zero-order chi connectivity index (χ0) is 15.8. The number of aryl methyl sites for hydroxylation is 1. The standard InChI is InChI=1S/C13H17ClN2O4S/c1-21-7-5-10(13(19)20)15-11(17)4-6-16-8-9(14)2-3-12(16)18/h2-3,8,10H,4-7H2,1H3,(H,15,17)(H,19,20). The maximum absolute atomic E-state index is 11.8. The van der Waals surface area contributed by atoms with Crippen molar-refractivity contribution >= 4 is 35.2 Å². The van der Waals surface area contributed by atoms with Crippen LogP contribution in [0.1, 0.15) is 12.8 Å². The van der Waals surface area contributed by atoms with Crippen molar-refractivity contribution in [1.82, 2.24) is 9.88 Å². The number of rotatable bonds is 8. The molecule has 1 aromatic rings. The summed E-state index contributed by atoms with van der Waals surface area (Å²) in [6.07, 6.45) is 3.69. The van der Waals surface area contributed by atoms with Crippen molar-refractivity contribution in [3.8, 4) is 0 Å². The van der Waals surface area contributed by atoms with Gasteiger partial charge in [-0.2, -0.15) is 11.8 Å². The first-order valence-corrected chi connectivity index (χ1v) is 8.08. The van der Waals surface area contributed by atoms with Crippen molar-refractivity contribution in [1.29, 1.82) is 0 Å². The van der Waals surface area contributed by atoms with Gasteiger partial charge in [-0.3, -0.25) is 9.59 Å². The highest BCUT2D eigenvalue weighted by Gasteiger charge is 2.19. The fourth-order valence-corrected chi connectivity index (χ4v) is 2.31. The van der Waals surface area contributed by atoms with Crippen LogP contribution < -0.4 is 10.9 Å². The molecule has 1 amide bonds. The van der Waals surface area contributed by atoms with Gasteiger partial charge in [-0.15, -0.1) is 0 Å². The second kappa shape index (κ2) is 8.74. The van der Waals surface area contributed by atoms with Gasteiger partial charge < -0.3 is 15.0 Å². The van der Waals surface area contributed by atoms with Crippen LogP contribution in [-0.2, 0) is 16.1 Å². The molecule has 0 aromatic carbocycles. The van der Waals surface area contributed by atoms with E-state index in [1.165, 1.54) is 34.7 Å². The van der Waals surface area contributed by atoms with E-state index in [0.717, 1.165) is 0 Å². The Kier molecular flexibility index (Phi) is 7.31. The van der Waals surface area contributed by atoms with Crippen molar-refractivity contribution in [3.05, 3.63) is 33.7 Å². The first-order chi connectivity index (χ1) is 9.93. The molecule has 0 aliphatic carbocycles. The second-order valence-corrected chi connectivity index (χ2v) is 5.79. The van der Waals surface area contributed by atoms with Crippen LogP contribution in [0.3, 0.4) is 0 Å². The van der Waals surface area contributed by atoms with Gasteiger partial charge in [0.2, 0.25) is 5.91 Å². The number of carbonyl (C=O) groups excluding carboxylic acids is 1. The Balaban J connectivity index is 2.54. The smallest absolute Gasteiger partial charge is 0.326 e. The zero-order valence-electron chi connectivity index (χ0n) is 11.5. The molecule has 0 aliphatic rings. The van der Waals surface area contributed by atoms with Crippen LogP contribution in [0.5, 0.6) is 0 Å². The predicted molar refractivity (Wildman–Crippen MR) is 82.9 cm³/mol. The summed E-state index contributed by atoms with van der Waals surface area (Å²) < 4.78 is 1.32. The van der Waals surface area contributed by atoms with Gasteiger partial charge in [0.05, 0.1) is 5.02 Å². The summed E-state index contributed by atoms with van der Waals surface area (Å²) in [4.78, 5) is 34.3. The number of hydrogen-bond donors (Lipinski definition) is 2. The molecular formula is C13H17ClN2O4S. The molecule has 1 unspecified atom stereocenters. The number of pyridine rings is 1. The monoisotopic (exact) mass is 332 g/mol. The third kappa shape index (κ3) is 6.22. The maximum atomic E-state index is 11.8. The Morgan fingerprint density at radius 2 is 2.19 bits per heavy atom. The highest BCUT2D eigenvalue weighted by molar-refractivity contribution is 7.98. The van der Waals surface area contributed by atoms with Crippen molar-refractivity contribution in [2.75, 3.05) is 12.0 Å². The number of nitrogens with zero attached hydrogens (tertiary/aromatic N) is 1. The van der Waals surface area contributed by atoms with Crippen LogP contribution >= 0.6 is 23.4 Å². The molecule has 6 nitrogen and oxygen atoms in total. The van der Waals surface area contributed by atoms with Gasteiger partial charge in [0.15, 0.2) is 0 Å². The molecule has 0 bridgehead atoms.